The quantitative estimate of drug-likeness (QED) is 0.159. The van der Waals surface area contributed by atoms with Crippen LogP contribution in [0.1, 0.15) is 32.1 Å². The maximum absolute atomic E-state index is 2.92. The summed E-state index contributed by atoms with van der Waals surface area (Å²) in [6.07, 6.45) is 6.23. The van der Waals surface area contributed by atoms with Crippen LogP contribution in [0, 0.1) is 0 Å². The Morgan fingerprint density at radius 2 is 1.06 bits per heavy atom. The normalized spacial score (nSPS) is 16.0. The van der Waals surface area contributed by atoms with Gasteiger partial charge in [-0.05, 0) is 111 Å². The van der Waals surface area contributed by atoms with E-state index in [1.54, 1.807) is 0 Å². The van der Waals surface area contributed by atoms with Crippen LogP contribution in [0.2, 0.25) is 19.6 Å². The molecule has 1 aromatic heterocycles. The van der Waals surface area contributed by atoms with E-state index in [4.69, 9.17) is 0 Å². The van der Waals surface area contributed by atoms with Gasteiger partial charge < -0.3 is 14.7 Å². The Morgan fingerprint density at radius 1 is 0.500 bits per heavy atom. The second-order valence-corrected chi connectivity index (χ2v) is 29.9. The minimum Gasteiger partial charge on any atom is -0.338 e. The molecule has 66 heavy (non-hydrogen) atoms. The zero-order chi connectivity index (χ0) is 44.1. The van der Waals surface area contributed by atoms with Crippen LogP contribution in [-0.4, -0.2) is 28.9 Å². The van der Waals surface area contributed by atoms with E-state index in [0.717, 1.165) is 0 Å². The van der Waals surface area contributed by atoms with Crippen LogP contribution in [-0.2, 0) is 0 Å². The van der Waals surface area contributed by atoms with Gasteiger partial charge in [0.2, 0.25) is 0 Å². The lowest BCUT2D eigenvalue weighted by atomic mass is 9.36. The average molecular weight is 902 g/mol. The van der Waals surface area contributed by atoms with E-state index >= 15 is 0 Å². The van der Waals surface area contributed by atoms with E-state index in [-0.39, 0.29) is 6.71 Å². The van der Waals surface area contributed by atoms with Gasteiger partial charge >= 0.3 is 0 Å². The summed E-state index contributed by atoms with van der Waals surface area (Å²) in [6.45, 7) is 7.62. The largest absolute Gasteiger partial charge is 0.338 e. The van der Waals surface area contributed by atoms with Crippen molar-refractivity contribution < 1.29 is 0 Å². The summed E-state index contributed by atoms with van der Waals surface area (Å²) in [5, 5.41) is 8.41. The van der Waals surface area contributed by atoms with Crippen LogP contribution in [0.25, 0.3) is 10.1 Å². The molecule has 3 nitrogen and oxygen atoms in total. The molecule has 4 heterocycles. The summed E-state index contributed by atoms with van der Waals surface area (Å²) in [5.74, 6) is 0. The van der Waals surface area contributed by atoms with Gasteiger partial charge in [0, 0.05) is 60.7 Å². The first-order valence-corrected chi connectivity index (χ1v) is 30.3. The second-order valence-electron chi connectivity index (χ2n) is 19.9. The highest BCUT2D eigenvalue weighted by atomic mass is 32.1. The zero-order valence-electron chi connectivity index (χ0n) is 37.9. The third-order valence-electron chi connectivity index (χ3n) is 15.2. The van der Waals surface area contributed by atoms with Gasteiger partial charge in [-0.25, -0.2) is 0 Å². The molecule has 1 fully saturated rings. The monoisotopic (exact) mass is 901 g/mol. The predicted octanol–water partition coefficient (Wildman–Crippen LogP) is 10.7. The lowest BCUT2D eigenvalue weighted by Crippen LogP contribution is -2.74. The fourth-order valence-electron chi connectivity index (χ4n) is 12.2. The second kappa shape index (κ2) is 15.3. The molecule has 6 bridgehead atoms. The minimum atomic E-state index is -2.92. The predicted molar refractivity (Wildman–Crippen MR) is 291 cm³/mol. The summed E-state index contributed by atoms with van der Waals surface area (Å²) in [4.78, 5) is 8.08. The molecule has 1 saturated carbocycles. The van der Waals surface area contributed by atoms with E-state index < -0.39 is 16.1 Å². The summed E-state index contributed by atoms with van der Waals surface area (Å²) in [7, 11) is -4.81. The smallest absolute Gasteiger partial charge is 0.264 e. The molecule has 1 aliphatic carbocycles. The number of anilines is 8. The Kier molecular flexibility index (Phi) is 9.29. The van der Waals surface area contributed by atoms with Crippen molar-refractivity contribution in [3.8, 4) is 0 Å². The Morgan fingerprint density at radius 3 is 1.74 bits per heavy atom. The maximum atomic E-state index is 2.76. The van der Waals surface area contributed by atoms with Gasteiger partial charge in [-0.15, -0.1) is 11.3 Å². The highest BCUT2D eigenvalue weighted by molar-refractivity contribution is 7.33. The molecule has 0 spiro atoms. The first-order chi connectivity index (χ1) is 32.4. The fraction of sp³-hybridized carbons (Fsp3) is 0.153. The standard InChI is InChI=1S/C59H52BN3SSi2/c1-65(2,3)50-39-54-57-55(40-50)63(42-22-10-5-11-23-42)58-51-32-16-17-33-56(51)64-59(58)60(57)52-35-34-45-38-53(52)62(54)44-25-19-31-49(37-44)66(46-26-12-6-13-27-46,47-28-14-7-15-29-47)48-30-18-24-43(36-48)61(45)41-20-8-4-9-21-41/h5-7,10-19,22-41H,4,8-9,20-21H2,1-3H3. The van der Waals surface area contributed by atoms with E-state index in [9.17, 15) is 0 Å². The maximum Gasteiger partial charge on any atom is 0.264 e. The van der Waals surface area contributed by atoms with Crippen molar-refractivity contribution >= 4 is 131 Å². The third-order valence-corrected chi connectivity index (χ3v) is 23.2. The van der Waals surface area contributed by atoms with Crippen LogP contribution in [0.15, 0.2) is 194 Å². The number of rotatable bonds is 5. The van der Waals surface area contributed by atoms with Crippen molar-refractivity contribution in [1.82, 2.24) is 0 Å². The molecule has 0 atom stereocenters. The van der Waals surface area contributed by atoms with E-state index in [1.165, 1.54) is 129 Å². The number of hydrogen-bond acceptors (Lipinski definition) is 4. The molecular weight excluding hydrogens is 850 g/mol. The Balaban J connectivity index is 1.18. The number of nitrogens with zero attached hydrogens (tertiary/aromatic N) is 3. The van der Waals surface area contributed by atoms with Crippen molar-refractivity contribution in [3.05, 3.63) is 194 Å². The number of fused-ring (bicyclic) bond motifs is 12. The van der Waals surface area contributed by atoms with E-state index in [0.29, 0.717) is 6.04 Å². The topological polar surface area (TPSA) is 9.72 Å². The molecule has 0 N–H and O–H groups in total. The Labute approximate surface area is 395 Å². The van der Waals surface area contributed by atoms with Gasteiger partial charge in [0.25, 0.3) is 6.71 Å². The van der Waals surface area contributed by atoms with Crippen LogP contribution in [0.3, 0.4) is 0 Å². The van der Waals surface area contributed by atoms with Crippen molar-refractivity contribution in [1.29, 1.82) is 0 Å². The highest BCUT2D eigenvalue weighted by Gasteiger charge is 2.48. The van der Waals surface area contributed by atoms with Gasteiger partial charge in [-0.1, -0.05) is 171 Å². The molecule has 9 aromatic rings. The molecule has 0 radical (unpaired) electrons. The van der Waals surface area contributed by atoms with Gasteiger partial charge in [0.1, 0.15) is 0 Å². The molecular formula is C59H52BN3SSi2. The van der Waals surface area contributed by atoms with Gasteiger partial charge in [0.05, 0.1) is 13.8 Å². The van der Waals surface area contributed by atoms with Crippen molar-refractivity contribution in [2.45, 2.75) is 57.8 Å². The Bertz CT molecular complexity index is 3280. The van der Waals surface area contributed by atoms with Crippen molar-refractivity contribution in [2.75, 3.05) is 14.7 Å². The van der Waals surface area contributed by atoms with Gasteiger partial charge in [0.15, 0.2) is 8.07 Å². The molecule has 320 valence electrons. The summed E-state index contributed by atoms with van der Waals surface area (Å²) < 4.78 is 2.76. The molecule has 13 rings (SSSR count). The van der Waals surface area contributed by atoms with Crippen LogP contribution >= 0.6 is 11.3 Å². The molecule has 4 aliphatic rings. The van der Waals surface area contributed by atoms with Crippen LogP contribution < -0.4 is 56.3 Å². The lowest BCUT2D eigenvalue weighted by molar-refractivity contribution is 0.436. The first-order valence-electron chi connectivity index (χ1n) is 24.0. The molecule has 7 heteroatoms. The number of para-hydroxylation sites is 1. The third kappa shape index (κ3) is 5.99. The zero-order valence-corrected chi connectivity index (χ0v) is 40.7. The van der Waals surface area contributed by atoms with Crippen LogP contribution in [0.4, 0.5) is 45.5 Å². The SMILES string of the molecule is C[Si](C)(C)c1cc2c3c(c1)N(c1ccccc1)c1c(sc4ccccc14)B3c1ccc3cc1N2c1cccc(c1)[Si](c1ccccc1)(c1ccccc1)c1cccc(c1)N3C1CCCCC1. The minimum absolute atomic E-state index is 0.0722. The summed E-state index contributed by atoms with van der Waals surface area (Å²) in [5.41, 5.74) is 13.0. The number of benzene rings is 8. The van der Waals surface area contributed by atoms with Crippen molar-refractivity contribution in [3.63, 3.8) is 0 Å². The van der Waals surface area contributed by atoms with Crippen molar-refractivity contribution in [2.24, 2.45) is 0 Å². The molecule has 8 aromatic carbocycles. The lowest BCUT2D eigenvalue weighted by Gasteiger charge is -2.45. The highest BCUT2D eigenvalue weighted by Crippen LogP contribution is 2.48. The first kappa shape index (κ1) is 39.9. The summed E-state index contributed by atoms with van der Waals surface area (Å²) >= 11 is 1.99. The van der Waals surface area contributed by atoms with Gasteiger partial charge in [-0.2, -0.15) is 0 Å². The number of hydrogen-bond donors (Lipinski definition) is 0. The fourth-order valence-corrected chi connectivity index (χ4v) is 19.4. The molecule has 3 aliphatic heterocycles. The molecule has 0 amide bonds. The Hall–Kier alpha value is -6.38. The summed E-state index contributed by atoms with van der Waals surface area (Å²) in [6, 6.07) is 76.1. The molecule has 0 saturated heterocycles. The molecule has 0 unspecified atom stereocenters. The van der Waals surface area contributed by atoms with Gasteiger partial charge in [-0.3, -0.25) is 0 Å². The van der Waals surface area contributed by atoms with E-state index in [2.05, 4.69) is 228 Å². The van der Waals surface area contributed by atoms with Crippen LogP contribution in [0.5, 0.6) is 0 Å². The number of thiophene rings is 1. The van der Waals surface area contributed by atoms with E-state index in [1.807, 2.05) is 11.3 Å². The average Bonchev–Trinajstić information content (AvgIpc) is 3.74.